The van der Waals surface area contributed by atoms with Gasteiger partial charge in [0.05, 0.1) is 11.1 Å². The average molecular weight is 258 g/mol. The van der Waals surface area contributed by atoms with Crippen molar-refractivity contribution in [1.29, 1.82) is 0 Å². The van der Waals surface area contributed by atoms with Gasteiger partial charge in [0.2, 0.25) is 0 Å². The Morgan fingerprint density at radius 2 is 2.24 bits per heavy atom. The Labute approximate surface area is 104 Å². The van der Waals surface area contributed by atoms with Gasteiger partial charge in [-0.1, -0.05) is 17.7 Å². The summed E-state index contributed by atoms with van der Waals surface area (Å²) in [7, 11) is 0. The summed E-state index contributed by atoms with van der Waals surface area (Å²) in [5.41, 5.74) is 0.788. The topological polar surface area (TPSA) is 29.5 Å². The summed E-state index contributed by atoms with van der Waals surface area (Å²) in [6, 6.07) is 4.31. The smallest absolute Gasteiger partial charge is 0.410 e. The van der Waals surface area contributed by atoms with Crippen LogP contribution in [0, 0.1) is 5.82 Å². The minimum absolute atomic E-state index is 0.0267. The molecule has 1 unspecified atom stereocenters. The maximum atomic E-state index is 13.1. The van der Waals surface area contributed by atoms with Gasteiger partial charge < -0.3 is 4.74 Å². The highest BCUT2D eigenvalue weighted by Crippen LogP contribution is 2.31. The lowest BCUT2D eigenvalue weighted by Crippen LogP contribution is -2.34. The zero-order chi connectivity index (χ0) is 12.6. The molecule has 2 rings (SSSR count). The monoisotopic (exact) mass is 257 g/mol. The van der Waals surface area contributed by atoms with Crippen LogP contribution in [-0.4, -0.2) is 23.6 Å². The normalized spacial score (nSPS) is 19.9. The van der Waals surface area contributed by atoms with Crippen molar-refractivity contribution in [3.8, 4) is 0 Å². The van der Waals surface area contributed by atoms with Crippen molar-refractivity contribution < 1.29 is 13.9 Å². The molecule has 1 aromatic rings. The molecule has 0 saturated carbocycles. The van der Waals surface area contributed by atoms with Crippen LogP contribution < -0.4 is 0 Å². The summed E-state index contributed by atoms with van der Waals surface area (Å²) in [5.74, 6) is -0.461. The van der Waals surface area contributed by atoms with E-state index in [1.165, 1.54) is 6.07 Å². The lowest BCUT2D eigenvalue weighted by molar-refractivity contribution is 0.149. The molecule has 1 saturated heterocycles. The number of hydrogen-bond acceptors (Lipinski definition) is 2. The van der Waals surface area contributed by atoms with Crippen LogP contribution in [0.25, 0.3) is 0 Å². The highest BCUT2D eigenvalue weighted by Gasteiger charge is 2.35. The van der Waals surface area contributed by atoms with Crippen LogP contribution in [0.2, 0.25) is 5.02 Å². The Balaban J connectivity index is 2.33. The van der Waals surface area contributed by atoms with Crippen molar-refractivity contribution in [3.05, 3.63) is 34.6 Å². The molecule has 1 heterocycles. The second-order valence-corrected chi connectivity index (χ2v) is 4.67. The van der Waals surface area contributed by atoms with Crippen molar-refractivity contribution in [2.75, 3.05) is 6.61 Å². The molecule has 0 N–H and O–H groups in total. The second kappa shape index (κ2) is 4.53. The highest BCUT2D eigenvalue weighted by atomic mass is 35.5. The largest absolute Gasteiger partial charge is 0.447 e. The quantitative estimate of drug-likeness (QED) is 0.813. The first-order valence-electron chi connectivity index (χ1n) is 5.40. The van der Waals surface area contributed by atoms with Gasteiger partial charge in [-0.15, -0.1) is 0 Å². The summed E-state index contributed by atoms with van der Waals surface area (Å²) in [4.78, 5) is 13.2. The lowest BCUT2D eigenvalue weighted by Gasteiger charge is -2.25. The van der Waals surface area contributed by atoms with E-state index in [2.05, 4.69) is 0 Å². The van der Waals surface area contributed by atoms with Gasteiger partial charge in [-0.2, -0.15) is 0 Å². The van der Waals surface area contributed by atoms with Crippen LogP contribution in [0.1, 0.15) is 25.5 Å². The van der Waals surface area contributed by atoms with Gasteiger partial charge in [-0.3, -0.25) is 4.90 Å². The predicted octanol–water partition coefficient (Wildman–Crippen LogP) is 3.38. The molecule has 0 spiro atoms. The standard InChI is InChI=1S/C12H13ClFNO2/c1-7(2)15-11(6-17-12(15)16)8-3-4-10(14)9(13)5-8/h3-5,7,11H,6H2,1-2H3. The lowest BCUT2D eigenvalue weighted by atomic mass is 10.1. The van der Waals surface area contributed by atoms with Crippen molar-refractivity contribution in [1.82, 2.24) is 4.90 Å². The molecule has 1 amide bonds. The molecular weight excluding hydrogens is 245 g/mol. The molecule has 1 atom stereocenters. The Kier molecular flexibility index (Phi) is 3.24. The predicted molar refractivity (Wildman–Crippen MR) is 62.5 cm³/mol. The number of ether oxygens (including phenoxy) is 1. The van der Waals surface area contributed by atoms with E-state index in [1.54, 1.807) is 17.0 Å². The van der Waals surface area contributed by atoms with Crippen molar-refractivity contribution in [2.45, 2.75) is 25.9 Å². The number of carbonyl (C=O) groups is 1. The number of halogens is 2. The van der Waals surface area contributed by atoms with E-state index in [0.29, 0.717) is 0 Å². The van der Waals surface area contributed by atoms with Gasteiger partial charge in [-0.25, -0.2) is 9.18 Å². The fourth-order valence-corrected chi connectivity index (χ4v) is 2.17. The van der Waals surface area contributed by atoms with Crippen LogP contribution in [0.15, 0.2) is 18.2 Å². The van der Waals surface area contributed by atoms with Crippen molar-refractivity contribution >= 4 is 17.7 Å². The molecule has 1 aromatic carbocycles. The van der Waals surface area contributed by atoms with Crippen LogP contribution in [0.5, 0.6) is 0 Å². The Hall–Kier alpha value is -1.29. The maximum Gasteiger partial charge on any atom is 0.410 e. The summed E-state index contributed by atoms with van der Waals surface area (Å²) in [6.07, 6.45) is -0.342. The van der Waals surface area contributed by atoms with E-state index in [1.807, 2.05) is 13.8 Å². The number of rotatable bonds is 2. The molecule has 5 heteroatoms. The van der Waals surface area contributed by atoms with E-state index in [4.69, 9.17) is 16.3 Å². The second-order valence-electron chi connectivity index (χ2n) is 4.27. The Morgan fingerprint density at radius 1 is 1.53 bits per heavy atom. The van der Waals surface area contributed by atoms with Gasteiger partial charge in [0.15, 0.2) is 0 Å². The van der Waals surface area contributed by atoms with Crippen molar-refractivity contribution in [2.24, 2.45) is 0 Å². The van der Waals surface area contributed by atoms with Gasteiger partial charge in [0, 0.05) is 6.04 Å². The van der Waals surface area contributed by atoms with E-state index in [-0.39, 0.29) is 29.8 Å². The number of amides is 1. The molecule has 0 radical (unpaired) electrons. The molecule has 17 heavy (non-hydrogen) atoms. The number of cyclic esters (lactones) is 1. The molecule has 92 valence electrons. The average Bonchev–Trinajstić information content (AvgIpc) is 2.64. The molecule has 0 bridgehead atoms. The molecule has 1 aliphatic rings. The number of hydrogen-bond donors (Lipinski definition) is 0. The fourth-order valence-electron chi connectivity index (χ4n) is 1.98. The SMILES string of the molecule is CC(C)N1C(=O)OCC1c1ccc(F)c(Cl)c1. The minimum atomic E-state index is -0.461. The third kappa shape index (κ3) is 2.22. The van der Waals surface area contributed by atoms with Crippen LogP contribution in [0.3, 0.4) is 0 Å². The van der Waals surface area contributed by atoms with Gasteiger partial charge in [-0.05, 0) is 31.5 Å². The number of nitrogens with zero attached hydrogens (tertiary/aromatic N) is 1. The zero-order valence-electron chi connectivity index (χ0n) is 9.61. The molecular formula is C12H13ClFNO2. The highest BCUT2D eigenvalue weighted by molar-refractivity contribution is 6.30. The van der Waals surface area contributed by atoms with Crippen LogP contribution >= 0.6 is 11.6 Å². The first-order valence-corrected chi connectivity index (χ1v) is 5.78. The zero-order valence-corrected chi connectivity index (χ0v) is 10.4. The van der Waals surface area contributed by atoms with E-state index < -0.39 is 5.82 Å². The van der Waals surface area contributed by atoms with Gasteiger partial charge in [0.1, 0.15) is 12.4 Å². The number of carbonyl (C=O) groups excluding carboxylic acids is 1. The summed E-state index contributed by atoms with van der Waals surface area (Å²) in [5, 5.41) is 0.0607. The molecule has 0 aromatic heterocycles. The third-order valence-electron chi connectivity index (χ3n) is 2.80. The molecule has 0 aliphatic carbocycles. The fraction of sp³-hybridized carbons (Fsp3) is 0.417. The molecule has 3 nitrogen and oxygen atoms in total. The van der Waals surface area contributed by atoms with E-state index >= 15 is 0 Å². The minimum Gasteiger partial charge on any atom is -0.447 e. The summed E-state index contributed by atoms with van der Waals surface area (Å²) < 4.78 is 18.1. The van der Waals surface area contributed by atoms with Crippen LogP contribution in [-0.2, 0) is 4.74 Å². The van der Waals surface area contributed by atoms with Gasteiger partial charge >= 0.3 is 6.09 Å². The molecule has 1 aliphatic heterocycles. The van der Waals surface area contributed by atoms with E-state index in [0.717, 1.165) is 5.56 Å². The first kappa shape index (κ1) is 12.2. The maximum absolute atomic E-state index is 13.1. The third-order valence-corrected chi connectivity index (χ3v) is 3.09. The Bertz CT molecular complexity index is 450. The summed E-state index contributed by atoms with van der Waals surface area (Å²) >= 11 is 5.74. The van der Waals surface area contributed by atoms with E-state index in [9.17, 15) is 9.18 Å². The molecule has 1 fully saturated rings. The van der Waals surface area contributed by atoms with Crippen LogP contribution in [0.4, 0.5) is 9.18 Å². The first-order chi connectivity index (χ1) is 8.00. The number of benzene rings is 1. The Morgan fingerprint density at radius 3 is 2.82 bits per heavy atom. The van der Waals surface area contributed by atoms with Gasteiger partial charge in [0.25, 0.3) is 0 Å². The van der Waals surface area contributed by atoms with Crippen molar-refractivity contribution in [3.63, 3.8) is 0 Å². The summed E-state index contributed by atoms with van der Waals surface area (Å²) in [6.45, 7) is 4.09.